The first-order valence-corrected chi connectivity index (χ1v) is 6.36. The minimum absolute atomic E-state index is 0.0450. The number of nitrogens with one attached hydrogen (secondary N) is 1. The van der Waals surface area contributed by atoms with Crippen LogP contribution in [0.1, 0.15) is 39.2 Å². The summed E-state index contributed by atoms with van der Waals surface area (Å²) >= 11 is 6.04. The van der Waals surface area contributed by atoms with Crippen molar-refractivity contribution in [3.63, 3.8) is 0 Å². The Morgan fingerprint density at radius 1 is 1.47 bits per heavy atom. The predicted octanol–water partition coefficient (Wildman–Crippen LogP) is 4.42. The van der Waals surface area contributed by atoms with Crippen LogP contribution >= 0.6 is 11.6 Å². The Kier molecular flexibility index (Phi) is 4.85. The van der Waals surface area contributed by atoms with Crippen molar-refractivity contribution in [3.8, 4) is 12.3 Å². The predicted molar refractivity (Wildman–Crippen MR) is 78.6 cm³/mol. The largest absolute Gasteiger partial charge is 0.444 e. The summed E-state index contributed by atoms with van der Waals surface area (Å²) in [6, 6.07) is 5.31. The minimum atomic E-state index is -0.555. The molecule has 4 heteroatoms. The third kappa shape index (κ3) is 4.84. The molecule has 1 aromatic rings. The molecular formula is C15H18ClNO2. The second-order valence-electron chi connectivity index (χ2n) is 5.25. The maximum atomic E-state index is 11.7. The Morgan fingerprint density at radius 3 is 2.63 bits per heavy atom. The first-order chi connectivity index (χ1) is 8.73. The molecule has 1 N–H and O–H groups in total. The van der Waals surface area contributed by atoms with Gasteiger partial charge in [-0.1, -0.05) is 23.6 Å². The zero-order valence-electron chi connectivity index (χ0n) is 11.6. The molecule has 102 valence electrons. The summed E-state index contributed by atoms with van der Waals surface area (Å²) in [6.45, 7) is 7.29. The van der Waals surface area contributed by atoms with Gasteiger partial charge in [-0.2, -0.15) is 0 Å². The summed E-state index contributed by atoms with van der Waals surface area (Å²) in [5, 5.41) is 3.07. The Labute approximate surface area is 119 Å². The van der Waals surface area contributed by atoms with Gasteiger partial charge in [0.05, 0.1) is 10.7 Å². The van der Waals surface area contributed by atoms with Crippen LogP contribution in [-0.4, -0.2) is 11.7 Å². The van der Waals surface area contributed by atoms with Crippen molar-refractivity contribution in [2.24, 2.45) is 0 Å². The SMILES string of the molecule is C#CC(C)c1ccc(Cl)c(NC(=O)OC(C)(C)C)c1. The molecule has 0 bridgehead atoms. The fourth-order valence-corrected chi connectivity index (χ4v) is 1.58. The van der Waals surface area contributed by atoms with Crippen molar-refractivity contribution in [2.45, 2.75) is 39.2 Å². The van der Waals surface area contributed by atoms with E-state index in [4.69, 9.17) is 22.8 Å². The van der Waals surface area contributed by atoms with Crippen molar-refractivity contribution in [3.05, 3.63) is 28.8 Å². The van der Waals surface area contributed by atoms with E-state index in [-0.39, 0.29) is 5.92 Å². The van der Waals surface area contributed by atoms with Crippen LogP contribution in [0.4, 0.5) is 10.5 Å². The molecule has 0 spiro atoms. The molecule has 19 heavy (non-hydrogen) atoms. The van der Waals surface area contributed by atoms with Gasteiger partial charge in [0.25, 0.3) is 0 Å². The lowest BCUT2D eigenvalue weighted by molar-refractivity contribution is 0.0636. The molecule has 1 amide bonds. The number of rotatable bonds is 2. The molecule has 0 saturated heterocycles. The highest BCUT2D eigenvalue weighted by atomic mass is 35.5. The van der Waals surface area contributed by atoms with E-state index < -0.39 is 11.7 Å². The summed E-state index contributed by atoms with van der Waals surface area (Å²) in [4.78, 5) is 11.7. The standard InChI is InChI=1S/C15H18ClNO2/c1-6-10(2)11-7-8-12(16)13(9-11)17-14(18)19-15(3,4)5/h1,7-10H,2-5H3,(H,17,18). The lowest BCUT2D eigenvalue weighted by Gasteiger charge is -2.20. The molecular weight excluding hydrogens is 262 g/mol. The van der Waals surface area contributed by atoms with Crippen molar-refractivity contribution in [1.82, 2.24) is 0 Å². The third-order valence-electron chi connectivity index (χ3n) is 2.38. The number of anilines is 1. The molecule has 0 radical (unpaired) electrons. The van der Waals surface area contributed by atoms with Gasteiger partial charge in [-0.25, -0.2) is 4.79 Å². The fraction of sp³-hybridized carbons (Fsp3) is 0.400. The highest BCUT2D eigenvalue weighted by Crippen LogP contribution is 2.27. The number of hydrogen-bond donors (Lipinski definition) is 1. The second kappa shape index (κ2) is 5.99. The maximum Gasteiger partial charge on any atom is 0.412 e. The van der Waals surface area contributed by atoms with Gasteiger partial charge in [-0.3, -0.25) is 5.32 Å². The van der Waals surface area contributed by atoms with Gasteiger partial charge < -0.3 is 4.74 Å². The van der Waals surface area contributed by atoms with Gasteiger partial charge in [-0.05, 0) is 45.4 Å². The lowest BCUT2D eigenvalue weighted by atomic mass is 10.0. The van der Waals surface area contributed by atoms with Crippen LogP contribution < -0.4 is 5.32 Å². The number of ether oxygens (including phenoxy) is 1. The smallest absolute Gasteiger partial charge is 0.412 e. The van der Waals surface area contributed by atoms with Crippen molar-refractivity contribution in [1.29, 1.82) is 0 Å². The number of hydrogen-bond acceptors (Lipinski definition) is 2. The molecule has 1 unspecified atom stereocenters. The number of benzene rings is 1. The van der Waals surface area contributed by atoms with Gasteiger partial charge in [-0.15, -0.1) is 6.42 Å². The van der Waals surface area contributed by atoms with Crippen LogP contribution in [0, 0.1) is 12.3 Å². The molecule has 0 aliphatic rings. The second-order valence-corrected chi connectivity index (χ2v) is 5.66. The summed E-state index contributed by atoms with van der Waals surface area (Å²) < 4.78 is 5.17. The van der Waals surface area contributed by atoms with Crippen LogP contribution in [-0.2, 0) is 4.74 Å². The van der Waals surface area contributed by atoms with Gasteiger partial charge in [0.2, 0.25) is 0 Å². The molecule has 0 fully saturated rings. The summed E-state index contributed by atoms with van der Waals surface area (Å²) in [5.41, 5.74) is 0.855. The van der Waals surface area contributed by atoms with Gasteiger partial charge >= 0.3 is 6.09 Å². The topological polar surface area (TPSA) is 38.3 Å². The van der Waals surface area contributed by atoms with E-state index in [1.54, 1.807) is 32.9 Å². The number of halogens is 1. The molecule has 0 aliphatic heterocycles. The van der Waals surface area contributed by atoms with Crippen molar-refractivity contribution in [2.75, 3.05) is 5.32 Å². The normalized spacial score (nSPS) is 12.4. The molecule has 3 nitrogen and oxygen atoms in total. The number of amides is 1. The Morgan fingerprint density at radius 2 is 2.11 bits per heavy atom. The summed E-state index contributed by atoms with van der Waals surface area (Å²) in [6.07, 6.45) is 4.84. The molecule has 0 saturated carbocycles. The number of carbonyl (C=O) groups is 1. The van der Waals surface area contributed by atoms with Crippen molar-refractivity contribution >= 4 is 23.4 Å². The quantitative estimate of drug-likeness (QED) is 0.814. The molecule has 0 aromatic heterocycles. The van der Waals surface area contributed by atoms with Gasteiger partial charge in [0, 0.05) is 5.92 Å². The van der Waals surface area contributed by atoms with Gasteiger partial charge in [0.15, 0.2) is 0 Å². The van der Waals surface area contributed by atoms with Crippen LogP contribution in [0.3, 0.4) is 0 Å². The van der Waals surface area contributed by atoms with E-state index in [0.717, 1.165) is 5.56 Å². The van der Waals surface area contributed by atoms with E-state index in [2.05, 4.69) is 11.2 Å². The molecule has 1 atom stereocenters. The maximum absolute atomic E-state index is 11.7. The van der Waals surface area contributed by atoms with Crippen LogP contribution in [0.5, 0.6) is 0 Å². The summed E-state index contributed by atoms with van der Waals surface area (Å²) in [5.74, 6) is 2.59. The van der Waals surface area contributed by atoms with E-state index in [1.165, 1.54) is 0 Å². The molecule has 1 rings (SSSR count). The minimum Gasteiger partial charge on any atom is -0.444 e. The zero-order chi connectivity index (χ0) is 14.6. The first kappa shape index (κ1) is 15.4. The third-order valence-corrected chi connectivity index (χ3v) is 2.71. The zero-order valence-corrected chi connectivity index (χ0v) is 12.3. The average molecular weight is 280 g/mol. The molecule has 0 heterocycles. The highest BCUT2D eigenvalue weighted by Gasteiger charge is 2.17. The Bertz CT molecular complexity index is 512. The van der Waals surface area contributed by atoms with E-state index in [1.807, 2.05) is 13.0 Å². The highest BCUT2D eigenvalue weighted by molar-refractivity contribution is 6.33. The number of carbonyl (C=O) groups excluding carboxylic acids is 1. The summed E-state index contributed by atoms with van der Waals surface area (Å²) in [7, 11) is 0. The van der Waals surface area contributed by atoms with Crippen molar-refractivity contribution < 1.29 is 9.53 Å². The van der Waals surface area contributed by atoms with Crippen LogP contribution in [0.2, 0.25) is 5.02 Å². The lowest BCUT2D eigenvalue weighted by Crippen LogP contribution is -2.27. The fourth-order valence-electron chi connectivity index (χ4n) is 1.42. The van der Waals surface area contributed by atoms with Crippen LogP contribution in [0.15, 0.2) is 18.2 Å². The number of terminal acetylenes is 1. The van der Waals surface area contributed by atoms with Crippen LogP contribution in [0.25, 0.3) is 0 Å². The Balaban J connectivity index is 2.89. The average Bonchev–Trinajstić information content (AvgIpc) is 2.28. The molecule has 0 aliphatic carbocycles. The Hall–Kier alpha value is -1.66. The first-order valence-electron chi connectivity index (χ1n) is 5.98. The molecule has 1 aromatic carbocycles. The monoisotopic (exact) mass is 279 g/mol. The van der Waals surface area contributed by atoms with E-state index in [0.29, 0.717) is 10.7 Å². The van der Waals surface area contributed by atoms with E-state index >= 15 is 0 Å². The van der Waals surface area contributed by atoms with Gasteiger partial charge in [0.1, 0.15) is 5.60 Å². The van der Waals surface area contributed by atoms with E-state index in [9.17, 15) is 4.79 Å².